The molecule has 1 fully saturated rings. The number of fused-ring (bicyclic) bond motifs is 3. The summed E-state index contributed by atoms with van der Waals surface area (Å²) in [5, 5.41) is 7.99. The summed E-state index contributed by atoms with van der Waals surface area (Å²) < 4.78 is 15.1. The van der Waals surface area contributed by atoms with Crippen molar-refractivity contribution < 1.29 is 9.31 Å². The Labute approximate surface area is 278 Å². The van der Waals surface area contributed by atoms with E-state index < -0.39 is 8.07 Å². The molecule has 3 nitrogen and oxygen atoms in total. The predicted octanol–water partition coefficient (Wildman–Crippen LogP) is 6.46. The van der Waals surface area contributed by atoms with Crippen LogP contribution in [-0.4, -0.2) is 31.0 Å². The largest absolute Gasteiger partial charge is 0.494 e. The third kappa shape index (κ3) is 4.72. The Morgan fingerprint density at radius 3 is 1.47 bits per heavy atom. The predicted molar refractivity (Wildman–Crippen MR) is 200 cm³/mol. The minimum Gasteiger partial charge on any atom is -0.399 e. The molecule has 0 saturated carbocycles. The van der Waals surface area contributed by atoms with Crippen molar-refractivity contribution in [1.29, 1.82) is 0 Å². The standard InChI is InChI=1S/C42H38BNO2Si/c1-41(2)42(3,4)46-43(45-41)31-24-26-32(27-25-31)44-39-23-15-14-22-37(39)38-30-36(28-29-40(38)44)47(33-16-8-5-9-17-33,34-18-10-6-11-19-34)35-20-12-7-13-21-35/h5-30H,1-4H3. The van der Waals surface area contributed by atoms with E-state index in [9.17, 15) is 0 Å². The normalized spacial score (nSPS) is 15.8. The smallest absolute Gasteiger partial charge is 0.399 e. The fourth-order valence-electron chi connectivity index (χ4n) is 7.31. The molecule has 7 aromatic rings. The second kappa shape index (κ2) is 11.2. The molecule has 1 aliphatic heterocycles. The Kier molecular flexibility index (Phi) is 7.10. The summed E-state index contributed by atoms with van der Waals surface area (Å²) in [4.78, 5) is 0. The summed E-state index contributed by atoms with van der Waals surface area (Å²) in [6.45, 7) is 8.38. The van der Waals surface area contributed by atoms with Crippen LogP contribution in [0.4, 0.5) is 0 Å². The number of nitrogens with zero attached hydrogens (tertiary/aromatic N) is 1. The number of hydrogen-bond acceptors (Lipinski definition) is 2. The van der Waals surface area contributed by atoms with E-state index in [1.807, 2.05) is 0 Å². The zero-order chi connectivity index (χ0) is 32.2. The van der Waals surface area contributed by atoms with E-state index in [-0.39, 0.29) is 18.3 Å². The number of aromatic nitrogens is 1. The van der Waals surface area contributed by atoms with E-state index in [2.05, 4.69) is 190 Å². The minimum atomic E-state index is -2.66. The van der Waals surface area contributed by atoms with Crippen molar-refractivity contribution in [3.8, 4) is 5.69 Å². The molecule has 47 heavy (non-hydrogen) atoms. The quantitative estimate of drug-likeness (QED) is 0.156. The van der Waals surface area contributed by atoms with Crippen LogP contribution < -0.4 is 26.2 Å². The van der Waals surface area contributed by atoms with E-state index in [1.165, 1.54) is 42.6 Å². The molecule has 1 saturated heterocycles. The molecule has 0 N–H and O–H groups in total. The zero-order valence-electron chi connectivity index (χ0n) is 27.4. The minimum absolute atomic E-state index is 0.376. The van der Waals surface area contributed by atoms with E-state index in [1.54, 1.807) is 0 Å². The van der Waals surface area contributed by atoms with Crippen LogP contribution in [0.5, 0.6) is 0 Å². The highest BCUT2D eigenvalue weighted by atomic mass is 28.3. The Morgan fingerprint density at radius 2 is 0.936 bits per heavy atom. The first kappa shape index (κ1) is 29.7. The van der Waals surface area contributed by atoms with E-state index >= 15 is 0 Å². The number of rotatable bonds is 6. The Hall–Kier alpha value is -4.68. The molecular weight excluding hydrogens is 589 g/mol. The molecule has 1 aliphatic rings. The van der Waals surface area contributed by atoms with Gasteiger partial charge in [0.05, 0.1) is 22.2 Å². The van der Waals surface area contributed by atoms with Crippen LogP contribution in [0.1, 0.15) is 27.7 Å². The van der Waals surface area contributed by atoms with Crippen molar-refractivity contribution in [1.82, 2.24) is 4.57 Å². The van der Waals surface area contributed by atoms with E-state index in [0.29, 0.717) is 0 Å². The van der Waals surface area contributed by atoms with Crippen molar-refractivity contribution in [3.63, 3.8) is 0 Å². The fourth-order valence-corrected chi connectivity index (χ4v) is 12.1. The van der Waals surface area contributed by atoms with Crippen LogP contribution in [-0.2, 0) is 9.31 Å². The van der Waals surface area contributed by atoms with Gasteiger partial charge in [-0.25, -0.2) is 0 Å². The van der Waals surface area contributed by atoms with Crippen molar-refractivity contribution in [3.05, 3.63) is 158 Å². The van der Waals surface area contributed by atoms with Gasteiger partial charge in [-0.2, -0.15) is 0 Å². The number of benzene rings is 6. The van der Waals surface area contributed by atoms with Crippen molar-refractivity contribution >= 4 is 63.2 Å². The van der Waals surface area contributed by atoms with Crippen molar-refractivity contribution in [2.24, 2.45) is 0 Å². The van der Waals surface area contributed by atoms with Gasteiger partial charge in [0.15, 0.2) is 8.07 Å². The molecule has 0 bridgehead atoms. The summed E-state index contributed by atoms with van der Waals surface area (Å²) >= 11 is 0. The number of hydrogen-bond donors (Lipinski definition) is 0. The van der Waals surface area contributed by atoms with Crippen LogP contribution in [0.3, 0.4) is 0 Å². The third-order valence-electron chi connectivity index (χ3n) is 10.4. The molecule has 0 spiro atoms. The van der Waals surface area contributed by atoms with Crippen molar-refractivity contribution in [2.75, 3.05) is 0 Å². The Bertz CT molecular complexity index is 2080. The van der Waals surface area contributed by atoms with Crippen LogP contribution in [0.2, 0.25) is 0 Å². The summed E-state index contributed by atoms with van der Waals surface area (Å²) in [5.74, 6) is 0. The number of para-hydroxylation sites is 1. The maximum absolute atomic E-state index is 6.35. The van der Waals surface area contributed by atoms with Gasteiger partial charge in [-0.15, -0.1) is 0 Å². The Balaban J connectivity index is 1.33. The lowest BCUT2D eigenvalue weighted by molar-refractivity contribution is 0.00578. The van der Waals surface area contributed by atoms with E-state index in [4.69, 9.17) is 9.31 Å². The summed E-state index contributed by atoms with van der Waals surface area (Å²) in [7, 11) is -3.05. The third-order valence-corrected chi connectivity index (χ3v) is 15.2. The van der Waals surface area contributed by atoms with Crippen molar-refractivity contribution in [2.45, 2.75) is 38.9 Å². The monoisotopic (exact) mass is 627 g/mol. The molecule has 2 heterocycles. The second-order valence-corrected chi connectivity index (χ2v) is 17.4. The van der Waals surface area contributed by atoms with Crippen LogP contribution >= 0.6 is 0 Å². The first-order valence-electron chi connectivity index (χ1n) is 16.5. The molecule has 0 amide bonds. The van der Waals surface area contributed by atoms with Crippen LogP contribution in [0.15, 0.2) is 158 Å². The molecule has 5 heteroatoms. The second-order valence-electron chi connectivity index (χ2n) is 13.6. The lowest BCUT2D eigenvalue weighted by Gasteiger charge is -2.34. The van der Waals surface area contributed by atoms with Gasteiger partial charge >= 0.3 is 7.12 Å². The van der Waals surface area contributed by atoms with Gasteiger partial charge in [-0.05, 0) is 78.2 Å². The zero-order valence-corrected chi connectivity index (χ0v) is 28.4. The molecular formula is C42H38BNO2Si. The summed E-state index contributed by atoms with van der Waals surface area (Å²) in [5.41, 5.74) is 3.77. The SMILES string of the molecule is CC1(C)OB(c2ccc(-n3c4ccccc4c4cc([Si](c5ccccc5)(c5ccccc5)c5ccccc5)ccc43)cc2)OC1(C)C. The summed E-state index contributed by atoms with van der Waals surface area (Å²) in [6.07, 6.45) is 0. The molecule has 6 aromatic carbocycles. The first-order chi connectivity index (χ1) is 22.8. The molecule has 8 rings (SSSR count). The summed E-state index contributed by atoms with van der Waals surface area (Å²) in [6, 6.07) is 58.0. The average molecular weight is 628 g/mol. The van der Waals surface area contributed by atoms with Crippen LogP contribution in [0.25, 0.3) is 27.5 Å². The Morgan fingerprint density at radius 1 is 0.468 bits per heavy atom. The molecule has 0 atom stereocenters. The molecule has 0 aliphatic carbocycles. The fraction of sp³-hybridized carbons (Fsp3) is 0.143. The van der Waals surface area contributed by atoms with Gasteiger partial charge in [-0.1, -0.05) is 133 Å². The van der Waals surface area contributed by atoms with Gasteiger partial charge in [-0.3, -0.25) is 0 Å². The first-order valence-corrected chi connectivity index (χ1v) is 18.5. The van der Waals surface area contributed by atoms with Gasteiger partial charge < -0.3 is 13.9 Å². The highest BCUT2D eigenvalue weighted by Crippen LogP contribution is 2.37. The lowest BCUT2D eigenvalue weighted by Crippen LogP contribution is -2.74. The van der Waals surface area contributed by atoms with Crippen LogP contribution in [0, 0.1) is 0 Å². The molecule has 1 aromatic heterocycles. The topological polar surface area (TPSA) is 23.4 Å². The molecule has 230 valence electrons. The molecule has 0 radical (unpaired) electrons. The lowest BCUT2D eigenvalue weighted by atomic mass is 9.79. The maximum atomic E-state index is 6.35. The van der Waals surface area contributed by atoms with E-state index in [0.717, 1.165) is 11.2 Å². The van der Waals surface area contributed by atoms with Gasteiger partial charge in [0.2, 0.25) is 0 Å². The van der Waals surface area contributed by atoms with Gasteiger partial charge in [0.1, 0.15) is 0 Å². The average Bonchev–Trinajstić information content (AvgIpc) is 3.55. The van der Waals surface area contributed by atoms with Gasteiger partial charge in [0.25, 0.3) is 0 Å². The molecule has 0 unspecified atom stereocenters. The maximum Gasteiger partial charge on any atom is 0.494 e. The highest BCUT2D eigenvalue weighted by molar-refractivity contribution is 7.20. The highest BCUT2D eigenvalue weighted by Gasteiger charge is 2.51. The van der Waals surface area contributed by atoms with Gasteiger partial charge in [0, 0.05) is 16.5 Å².